The predicted molar refractivity (Wildman–Crippen MR) is 76.6 cm³/mol. The molecule has 1 aromatic rings. The average Bonchev–Trinajstić information content (AvgIpc) is 2.28. The van der Waals surface area contributed by atoms with Crippen LogP contribution in [0.15, 0.2) is 30.3 Å². The van der Waals surface area contributed by atoms with Crippen molar-refractivity contribution in [1.82, 2.24) is 5.09 Å². The number of carbonyl (C=O) groups is 1. The summed E-state index contributed by atoms with van der Waals surface area (Å²) in [5.41, 5.74) is 0. The summed E-state index contributed by atoms with van der Waals surface area (Å²) in [6.07, 6.45) is -2.58. The highest BCUT2D eigenvalue weighted by atomic mass is 32.4. The smallest absolute Gasteiger partial charge is 0.321 e. The minimum atomic E-state index is -3.01. The summed E-state index contributed by atoms with van der Waals surface area (Å²) in [4.78, 5) is 21.4. The molecular formula is C12H18NO3PS. The minimum absolute atomic E-state index is 0.212. The van der Waals surface area contributed by atoms with Gasteiger partial charge >= 0.3 is 5.97 Å². The van der Waals surface area contributed by atoms with Crippen molar-refractivity contribution in [2.24, 2.45) is 5.92 Å². The van der Waals surface area contributed by atoms with Gasteiger partial charge in [-0.25, -0.2) is 0 Å². The number of rotatable bonds is 6. The van der Waals surface area contributed by atoms with Crippen LogP contribution in [0.3, 0.4) is 0 Å². The van der Waals surface area contributed by atoms with Crippen molar-refractivity contribution in [3.05, 3.63) is 30.3 Å². The molecule has 18 heavy (non-hydrogen) atoms. The van der Waals surface area contributed by atoms with E-state index in [9.17, 15) is 9.69 Å². The van der Waals surface area contributed by atoms with Crippen LogP contribution in [0.25, 0.3) is 0 Å². The summed E-state index contributed by atoms with van der Waals surface area (Å²) < 4.78 is 0. The number of benzene rings is 1. The molecule has 0 fully saturated rings. The van der Waals surface area contributed by atoms with Crippen molar-refractivity contribution in [3.63, 3.8) is 0 Å². The van der Waals surface area contributed by atoms with Gasteiger partial charge in [0.1, 0.15) is 6.04 Å². The zero-order chi connectivity index (χ0) is 13.8. The highest BCUT2D eigenvalue weighted by molar-refractivity contribution is 8.14. The van der Waals surface area contributed by atoms with E-state index in [4.69, 9.17) is 16.9 Å². The van der Waals surface area contributed by atoms with E-state index in [1.165, 1.54) is 0 Å². The second-order valence-corrected chi connectivity index (χ2v) is 8.07. The molecule has 0 aliphatic carbocycles. The Hall–Kier alpha value is -0.740. The van der Waals surface area contributed by atoms with Gasteiger partial charge in [-0.15, -0.1) is 0 Å². The van der Waals surface area contributed by atoms with Gasteiger partial charge in [-0.05, 0) is 24.1 Å². The lowest BCUT2D eigenvalue weighted by Gasteiger charge is -2.23. The first-order valence-electron chi connectivity index (χ1n) is 5.72. The normalized spacial score (nSPS) is 16.2. The minimum Gasteiger partial charge on any atom is -0.480 e. The molecule has 1 rings (SSSR count). The van der Waals surface area contributed by atoms with Crippen LogP contribution < -0.4 is 10.4 Å². The largest absolute Gasteiger partial charge is 0.480 e. The second kappa shape index (κ2) is 6.43. The molecule has 0 radical (unpaired) electrons. The Morgan fingerprint density at radius 2 is 1.94 bits per heavy atom. The first kappa shape index (κ1) is 15.3. The maximum Gasteiger partial charge on any atom is 0.321 e. The molecule has 1 unspecified atom stereocenters. The lowest BCUT2D eigenvalue weighted by molar-refractivity contribution is -0.139. The lowest BCUT2D eigenvalue weighted by Crippen LogP contribution is -2.37. The van der Waals surface area contributed by atoms with Gasteiger partial charge < -0.3 is 10.00 Å². The molecule has 4 nitrogen and oxygen atoms in total. The fraction of sp³-hybridized carbons (Fsp3) is 0.417. The molecule has 0 aliphatic heterocycles. The maximum absolute atomic E-state index is 11.1. The SMILES string of the molecule is CC(C)C[C@H](NP(O)(=S)c1ccccc1)C(=O)O. The van der Waals surface area contributed by atoms with Crippen LogP contribution in [0.2, 0.25) is 0 Å². The first-order chi connectivity index (χ1) is 8.33. The zero-order valence-electron chi connectivity index (χ0n) is 10.4. The van der Waals surface area contributed by atoms with Gasteiger partial charge in [0.25, 0.3) is 0 Å². The third-order valence-electron chi connectivity index (χ3n) is 2.44. The lowest BCUT2D eigenvalue weighted by atomic mass is 10.1. The molecule has 6 heteroatoms. The number of aliphatic carboxylic acids is 1. The molecule has 0 aliphatic rings. The second-order valence-electron chi connectivity index (χ2n) is 4.56. The molecule has 1 aromatic carbocycles. The van der Waals surface area contributed by atoms with Crippen molar-refractivity contribution in [2.75, 3.05) is 0 Å². The molecule has 100 valence electrons. The van der Waals surface area contributed by atoms with Gasteiger partial charge in [0.05, 0.1) is 0 Å². The molecule has 0 aromatic heterocycles. The van der Waals surface area contributed by atoms with E-state index in [0.29, 0.717) is 11.7 Å². The van der Waals surface area contributed by atoms with E-state index < -0.39 is 18.4 Å². The van der Waals surface area contributed by atoms with Crippen LogP contribution in [0.4, 0.5) is 0 Å². The van der Waals surface area contributed by atoms with E-state index >= 15 is 0 Å². The van der Waals surface area contributed by atoms with Gasteiger partial charge in [-0.2, -0.15) is 0 Å². The molecule has 0 heterocycles. The summed E-state index contributed by atoms with van der Waals surface area (Å²) in [6.45, 7) is 3.86. The molecular weight excluding hydrogens is 269 g/mol. The highest BCUT2D eigenvalue weighted by Gasteiger charge is 2.26. The van der Waals surface area contributed by atoms with Crippen LogP contribution in [0.5, 0.6) is 0 Å². The fourth-order valence-electron chi connectivity index (χ4n) is 1.60. The van der Waals surface area contributed by atoms with E-state index in [2.05, 4.69) is 5.09 Å². The van der Waals surface area contributed by atoms with Crippen molar-refractivity contribution in [3.8, 4) is 0 Å². The van der Waals surface area contributed by atoms with Crippen molar-refractivity contribution >= 4 is 29.5 Å². The van der Waals surface area contributed by atoms with Crippen molar-refractivity contribution in [1.29, 1.82) is 0 Å². The number of nitrogens with one attached hydrogen (secondary N) is 1. The third-order valence-corrected chi connectivity index (χ3v) is 5.05. The number of hydrogen-bond acceptors (Lipinski definition) is 2. The Morgan fingerprint density at radius 1 is 1.39 bits per heavy atom. The molecule has 0 bridgehead atoms. The molecule has 0 saturated heterocycles. The number of hydrogen-bond donors (Lipinski definition) is 3. The summed E-state index contributed by atoms with van der Waals surface area (Å²) in [5, 5.41) is 12.4. The zero-order valence-corrected chi connectivity index (χ0v) is 12.1. The molecule has 3 N–H and O–H groups in total. The van der Waals surface area contributed by atoms with E-state index in [-0.39, 0.29) is 5.92 Å². The summed E-state index contributed by atoms with van der Waals surface area (Å²) >= 11 is 5.15. The Labute approximate surface area is 112 Å². The summed E-state index contributed by atoms with van der Waals surface area (Å²) in [5.74, 6) is -0.771. The van der Waals surface area contributed by atoms with Crippen LogP contribution in [-0.2, 0) is 16.6 Å². The molecule has 0 saturated carbocycles. The van der Waals surface area contributed by atoms with Crippen LogP contribution >= 0.6 is 6.42 Å². The van der Waals surface area contributed by atoms with Crippen molar-refractivity contribution in [2.45, 2.75) is 26.3 Å². The van der Waals surface area contributed by atoms with Gasteiger partial charge in [0.15, 0.2) is 6.42 Å². The average molecular weight is 287 g/mol. The number of carboxylic acids is 1. The van der Waals surface area contributed by atoms with Gasteiger partial charge in [0.2, 0.25) is 0 Å². The Kier molecular flexibility index (Phi) is 5.47. The molecule has 2 atom stereocenters. The predicted octanol–water partition coefficient (Wildman–Crippen LogP) is 1.70. The maximum atomic E-state index is 11.1. The Bertz CT molecular complexity index is 450. The topological polar surface area (TPSA) is 69.6 Å². The summed E-state index contributed by atoms with van der Waals surface area (Å²) in [7, 11) is 0. The van der Waals surface area contributed by atoms with Crippen LogP contribution in [0.1, 0.15) is 20.3 Å². The van der Waals surface area contributed by atoms with Crippen LogP contribution in [0, 0.1) is 5.92 Å². The standard InChI is InChI=1S/C12H18NO3PS/c1-9(2)8-11(12(14)15)13-17(16,18)10-6-4-3-5-7-10/h3-7,9,11H,8H2,1-2H3,(H,14,15)(H2,13,16,18)/t11-,17?/m0/s1. The highest BCUT2D eigenvalue weighted by Crippen LogP contribution is 2.35. The first-order valence-corrected chi connectivity index (χ1v) is 8.47. The fourth-order valence-corrected chi connectivity index (χ4v) is 3.71. The summed E-state index contributed by atoms with van der Waals surface area (Å²) in [6, 6.07) is 7.96. The quantitative estimate of drug-likeness (QED) is 0.695. The van der Waals surface area contributed by atoms with Crippen molar-refractivity contribution < 1.29 is 14.8 Å². The van der Waals surface area contributed by atoms with Crippen LogP contribution in [-0.4, -0.2) is 22.0 Å². The van der Waals surface area contributed by atoms with E-state index in [0.717, 1.165) is 0 Å². The van der Waals surface area contributed by atoms with Gasteiger partial charge in [-0.3, -0.25) is 9.88 Å². The Balaban J connectivity index is 2.86. The third kappa shape index (κ3) is 4.50. The van der Waals surface area contributed by atoms with Gasteiger partial charge in [0, 0.05) is 5.30 Å². The van der Waals surface area contributed by atoms with Gasteiger partial charge in [-0.1, -0.05) is 44.2 Å². The Morgan fingerprint density at radius 3 is 2.39 bits per heavy atom. The number of carboxylic acid groups (broad SMARTS) is 1. The van der Waals surface area contributed by atoms with E-state index in [1.54, 1.807) is 24.3 Å². The molecule has 0 spiro atoms. The van der Waals surface area contributed by atoms with E-state index in [1.807, 2.05) is 19.9 Å². The monoisotopic (exact) mass is 287 g/mol. The molecule has 0 amide bonds.